The summed E-state index contributed by atoms with van der Waals surface area (Å²) in [6.07, 6.45) is 3.04. The van der Waals surface area contributed by atoms with Crippen LogP contribution in [0.15, 0.2) is 47.5 Å². The Morgan fingerprint density at radius 1 is 1.38 bits per heavy atom. The van der Waals surface area contributed by atoms with Crippen molar-refractivity contribution in [3.05, 3.63) is 47.5 Å². The highest BCUT2D eigenvalue weighted by Crippen LogP contribution is 2.31. The molecule has 0 spiro atoms. The van der Waals surface area contributed by atoms with Gasteiger partial charge in [0.2, 0.25) is 6.23 Å². The molecule has 0 saturated carbocycles. The third-order valence-corrected chi connectivity index (χ3v) is 3.83. The smallest absolute Gasteiger partial charge is 0.203 e. The van der Waals surface area contributed by atoms with E-state index in [1.165, 1.54) is 0 Å². The molecule has 0 bridgehead atoms. The number of ether oxygens (including phenoxy) is 1. The molecule has 0 aliphatic carbocycles. The van der Waals surface area contributed by atoms with Crippen LogP contribution in [0.2, 0.25) is 0 Å². The summed E-state index contributed by atoms with van der Waals surface area (Å²) in [7, 11) is 0. The lowest BCUT2D eigenvalue weighted by atomic mass is 9.87. The zero-order chi connectivity index (χ0) is 15.5. The average Bonchev–Trinajstić information content (AvgIpc) is 3.00. The monoisotopic (exact) mass is 356 g/mol. The van der Waals surface area contributed by atoms with Crippen molar-refractivity contribution in [2.24, 2.45) is 5.41 Å². The number of nitrogens with zero attached hydrogens (tertiary/aromatic N) is 2. The molecule has 2 rings (SSSR count). The molecule has 2 atom stereocenters. The maximum absolute atomic E-state index is 13.2. The predicted molar refractivity (Wildman–Crippen MR) is 81.8 cm³/mol. The second-order valence-corrected chi connectivity index (χ2v) is 6.45. The van der Waals surface area contributed by atoms with Gasteiger partial charge in [0.15, 0.2) is 0 Å². The second kappa shape index (κ2) is 6.58. The van der Waals surface area contributed by atoms with Crippen molar-refractivity contribution in [2.75, 3.05) is 6.67 Å². The quantitative estimate of drug-likeness (QED) is 0.860. The van der Waals surface area contributed by atoms with Crippen LogP contribution in [0, 0.1) is 5.41 Å². The molecule has 1 aromatic heterocycles. The van der Waals surface area contributed by atoms with E-state index < -0.39 is 24.4 Å². The first-order valence-electron chi connectivity index (χ1n) is 6.58. The van der Waals surface area contributed by atoms with Gasteiger partial charge in [0.1, 0.15) is 11.9 Å². The minimum Gasteiger partial charge on any atom is -0.467 e. The number of hydrogen-bond acceptors (Lipinski definition) is 3. The molecule has 21 heavy (non-hydrogen) atoms. The van der Waals surface area contributed by atoms with E-state index in [0.29, 0.717) is 5.75 Å². The van der Waals surface area contributed by atoms with Gasteiger partial charge in [0.25, 0.3) is 0 Å². The molecule has 4 nitrogen and oxygen atoms in total. The number of alkyl halides is 1. The molecular weight excluding hydrogens is 339 g/mol. The van der Waals surface area contributed by atoms with E-state index in [9.17, 15) is 9.50 Å². The molecule has 0 amide bonds. The minimum atomic E-state index is -1.03. The van der Waals surface area contributed by atoms with Gasteiger partial charge < -0.3 is 9.84 Å². The summed E-state index contributed by atoms with van der Waals surface area (Å²) in [6, 6.07) is 7.24. The molecule has 0 fully saturated rings. The molecule has 1 heterocycles. The third kappa shape index (κ3) is 3.83. The van der Waals surface area contributed by atoms with Gasteiger partial charge in [0, 0.05) is 22.3 Å². The highest BCUT2D eigenvalue weighted by molar-refractivity contribution is 9.10. The number of imidazole rings is 1. The summed E-state index contributed by atoms with van der Waals surface area (Å²) in [5, 5.41) is 10.5. The Labute approximate surface area is 131 Å². The first-order chi connectivity index (χ1) is 9.94. The molecule has 2 aromatic rings. The first-order valence-corrected chi connectivity index (χ1v) is 7.37. The molecule has 1 aromatic carbocycles. The topological polar surface area (TPSA) is 47.3 Å². The highest BCUT2D eigenvalue weighted by Gasteiger charge is 2.37. The lowest BCUT2D eigenvalue weighted by molar-refractivity contribution is -0.0807. The Morgan fingerprint density at radius 2 is 2.05 bits per heavy atom. The van der Waals surface area contributed by atoms with E-state index in [-0.39, 0.29) is 0 Å². The number of aliphatic hydroxyl groups is 1. The fourth-order valence-corrected chi connectivity index (χ4v) is 2.09. The van der Waals surface area contributed by atoms with Crippen LogP contribution >= 0.6 is 15.9 Å². The van der Waals surface area contributed by atoms with Crippen molar-refractivity contribution in [1.29, 1.82) is 0 Å². The Hall–Kier alpha value is -1.40. The number of rotatable bonds is 6. The summed E-state index contributed by atoms with van der Waals surface area (Å²) < 4.78 is 21.6. The molecule has 0 aliphatic rings. The van der Waals surface area contributed by atoms with Gasteiger partial charge in [0.05, 0.1) is 13.0 Å². The number of hydrogen-bond donors (Lipinski definition) is 1. The maximum atomic E-state index is 13.2. The van der Waals surface area contributed by atoms with Crippen LogP contribution in [-0.4, -0.2) is 27.4 Å². The summed E-state index contributed by atoms with van der Waals surface area (Å²) in [6.45, 7) is 2.67. The van der Waals surface area contributed by atoms with E-state index >= 15 is 0 Å². The van der Waals surface area contributed by atoms with E-state index in [1.807, 2.05) is 12.1 Å². The van der Waals surface area contributed by atoms with Crippen LogP contribution in [0.5, 0.6) is 5.75 Å². The molecule has 2 unspecified atom stereocenters. The highest BCUT2D eigenvalue weighted by atomic mass is 79.9. The molecule has 0 saturated heterocycles. The molecular formula is C15H18BrFN2O2. The van der Waals surface area contributed by atoms with Crippen LogP contribution in [-0.2, 0) is 0 Å². The van der Waals surface area contributed by atoms with Gasteiger partial charge in [-0.2, -0.15) is 0 Å². The second-order valence-electron chi connectivity index (χ2n) is 5.54. The molecule has 6 heteroatoms. The number of aromatic nitrogens is 2. The Morgan fingerprint density at radius 3 is 2.57 bits per heavy atom. The first kappa shape index (κ1) is 16.0. The summed E-state index contributed by atoms with van der Waals surface area (Å²) >= 11 is 3.35. The van der Waals surface area contributed by atoms with Crippen molar-refractivity contribution in [3.8, 4) is 5.75 Å². The zero-order valence-electron chi connectivity index (χ0n) is 11.9. The largest absolute Gasteiger partial charge is 0.467 e. The summed E-state index contributed by atoms with van der Waals surface area (Å²) in [5.74, 6) is 0.589. The fourth-order valence-electron chi connectivity index (χ4n) is 1.83. The lowest BCUT2D eigenvalue weighted by Gasteiger charge is -2.34. The van der Waals surface area contributed by atoms with E-state index in [1.54, 1.807) is 49.3 Å². The minimum absolute atomic E-state index is 0.589. The molecule has 1 N–H and O–H groups in total. The van der Waals surface area contributed by atoms with Crippen LogP contribution in [0.4, 0.5) is 4.39 Å². The van der Waals surface area contributed by atoms with Gasteiger partial charge >= 0.3 is 0 Å². The van der Waals surface area contributed by atoms with Crippen molar-refractivity contribution in [1.82, 2.24) is 9.55 Å². The van der Waals surface area contributed by atoms with E-state index in [0.717, 1.165) is 4.47 Å². The molecule has 0 radical (unpaired) electrons. The van der Waals surface area contributed by atoms with Crippen LogP contribution in [0.1, 0.15) is 20.1 Å². The number of aliphatic hydroxyl groups excluding tert-OH is 1. The Balaban J connectivity index is 2.27. The standard InChI is InChI=1S/C15H18BrFN2O2/c1-15(2,9-17)13(20)14(19-8-7-18-10-19)21-12-5-3-11(16)4-6-12/h3-8,10,13-14,20H,9H2,1-2H3. The fraction of sp³-hybridized carbons (Fsp3) is 0.400. The van der Waals surface area contributed by atoms with Gasteiger partial charge in [-0.3, -0.25) is 8.96 Å². The molecule has 114 valence electrons. The van der Waals surface area contributed by atoms with Crippen LogP contribution in [0.25, 0.3) is 0 Å². The van der Waals surface area contributed by atoms with Gasteiger partial charge in [-0.05, 0) is 24.3 Å². The Bertz CT molecular complexity index is 558. The van der Waals surface area contributed by atoms with Crippen LogP contribution < -0.4 is 4.74 Å². The zero-order valence-corrected chi connectivity index (χ0v) is 13.5. The normalized spacial score (nSPS) is 14.7. The van der Waals surface area contributed by atoms with Crippen molar-refractivity contribution in [3.63, 3.8) is 0 Å². The lowest BCUT2D eigenvalue weighted by Crippen LogP contribution is -2.41. The Kier molecular flexibility index (Phi) is 5.00. The van der Waals surface area contributed by atoms with Crippen LogP contribution in [0.3, 0.4) is 0 Å². The molecule has 0 aliphatic heterocycles. The third-order valence-electron chi connectivity index (χ3n) is 3.30. The van der Waals surface area contributed by atoms with E-state index in [2.05, 4.69) is 20.9 Å². The van der Waals surface area contributed by atoms with Gasteiger partial charge in [-0.25, -0.2) is 4.98 Å². The van der Waals surface area contributed by atoms with Gasteiger partial charge in [-0.1, -0.05) is 29.8 Å². The number of benzene rings is 1. The SMILES string of the molecule is CC(C)(CF)C(O)C(Oc1ccc(Br)cc1)n1ccnc1. The average molecular weight is 357 g/mol. The summed E-state index contributed by atoms with van der Waals surface area (Å²) in [4.78, 5) is 3.96. The number of halogens is 2. The van der Waals surface area contributed by atoms with Gasteiger partial charge in [-0.15, -0.1) is 0 Å². The van der Waals surface area contributed by atoms with E-state index in [4.69, 9.17) is 4.74 Å². The van der Waals surface area contributed by atoms with Crippen molar-refractivity contribution >= 4 is 15.9 Å². The van der Waals surface area contributed by atoms with Crippen molar-refractivity contribution < 1.29 is 14.2 Å². The maximum Gasteiger partial charge on any atom is 0.203 e. The summed E-state index contributed by atoms with van der Waals surface area (Å²) in [5.41, 5.74) is -0.926. The predicted octanol–water partition coefficient (Wildman–Crippen LogP) is 3.58. The van der Waals surface area contributed by atoms with Crippen molar-refractivity contribution in [2.45, 2.75) is 26.2 Å².